The summed E-state index contributed by atoms with van der Waals surface area (Å²) >= 11 is 0. The van der Waals surface area contributed by atoms with Crippen LogP contribution in [-0.2, 0) is 0 Å². The molecule has 0 radical (unpaired) electrons. The Hall–Kier alpha value is -1.22. The largest absolute Gasteiger partial charge is 0.504 e. The van der Waals surface area contributed by atoms with Crippen LogP contribution in [0.1, 0.15) is 24.4 Å². The number of rotatable bonds is 2. The molecular formula is C11H15NO2. The molecule has 14 heavy (non-hydrogen) atoms. The number of phenolic OH excluding ortho intramolecular Hbond substituents is 1. The van der Waals surface area contributed by atoms with Gasteiger partial charge in [-0.25, -0.2) is 0 Å². The molecule has 1 atom stereocenters. The summed E-state index contributed by atoms with van der Waals surface area (Å²) in [6, 6.07) is 5.84. The summed E-state index contributed by atoms with van der Waals surface area (Å²) in [6.07, 6.45) is 2.29. The zero-order valence-electron chi connectivity index (χ0n) is 8.29. The van der Waals surface area contributed by atoms with Crippen LogP contribution >= 0.6 is 0 Å². The highest BCUT2D eigenvalue weighted by atomic mass is 16.5. The lowest BCUT2D eigenvalue weighted by Gasteiger charge is -2.15. The Balaban J connectivity index is 2.35. The number of phenols is 1. The Kier molecular flexibility index (Phi) is 2.59. The van der Waals surface area contributed by atoms with E-state index in [0.29, 0.717) is 11.8 Å². The molecule has 1 aromatic carbocycles. The van der Waals surface area contributed by atoms with E-state index in [2.05, 4.69) is 5.32 Å². The molecule has 0 saturated carbocycles. The second-order valence-electron chi connectivity index (χ2n) is 3.55. The van der Waals surface area contributed by atoms with Crippen molar-refractivity contribution >= 4 is 0 Å². The van der Waals surface area contributed by atoms with Crippen molar-refractivity contribution in [2.75, 3.05) is 13.7 Å². The van der Waals surface area contributed by atoms with Crippen LogP contribution in [0.3, 0.4) is 0 Å². The summed E-state index contributed by atoms with van der Waals surface area (Å²) in [5.41, 5.74) is 1.06. The maximum absolute atomic E-state index is 9.60. The number of hydrogen-bond acceptors (Lipinski definition) is 3. The van der Waals surface area contributed by atoms with Crippen molar-refractivity contribution in [3.63, 3.8) is 0 Å². The fourth-order valence-corrected chi connectivity index (χ4v) is 1.99. The molecule has 0 aliphatic carbocycles. The average molecular weight is 193 g/mol. The summed E-state index contributed by atoms with van der Waals surface area (Å²) in [5.74, 6) is 0.825. The van der Waals surface area contributed by atoms with Gasteiger partial charge in [0.05, 0.1) is 7.11 Å². The lowest BCUT2D eigenvalue weighted by molar-refractivity contribution is 0.364. The zero-order chi connectivity index (χ0) is 9.97. The van der Waals surface area contributed by atoms with E-state index >= 15 is 0 Å². The highest BCUT2D eigenvalue weighted by Gasteiger charge is 2.21. The summed E-state index contributed by atoms with van der Waals surface area (Å²) in [5, 5.41) is 13.0. The fraction of sp³-hybridized carbons (Fsp3) is 0.455. The third kappa shape index (κ3) is 1.55. The van der Waals surface area contributed by atoms with E-state index in [1.165, 1.54) is 6.42 Å². The van der Waals surface area contributed by atoms with Crippen LogP contribution in [0.2, 0.25) is 0 Å². The maximum atomic E-state index is 9.60. The highest BCUT2D eigenvalue weighted by molar-refractivity contribution is 5.47. The molecule has 1 fully saturated rings. The predicted octanol–water partition coefficient (Wildman–Crippen LogP) is 1.83. The highest BCUT2D eigenvalue weighted by Crippen LogP contribution is 2.36. The predicted molar refractivity (Wildman–Crippen MR) is 54.6 cm³/mol. The Morgan fingerprint density at radius 2 is 2.36 bits per heavy atom. The van der Waals surface area contributed by atoms with Gasteiger partial charge in [-0.05, 0) is 25.5 Å². The smallest absolute Gasteiger partial charge is 0.165 e. The summed E-state index contributed by atoms with van der Waals surface area (Å²) in [7, 11) is 1.59. The van der Waals surface area contributed by atoms with Crippen molar-refractivity contribution in [2.45, 2.75) is 18.9 Å². The lowest BCUT2D eigenvalue weighted by Crippen LogP contribution is -2.13. The Bertz CT molecular complexity index is 319. The number of nitrogens with one attached hydrogen (secondary N) is 1. The summed E-state index contributed by atoms with van der Waals surface area (Å²) in [6.45, 7) is 1.05. The third-order valence-corrected chi connectivity index (χ3v) is 2.66. The summed E-state index contributed by atoms with van der Waals surface area (Å²) in [4.78, 5) is 0. The van der Waals surface area contributed by atoms with Gasteiger partial charge in [-0.3, -0.25) is 0 Å². The van der Waals surface area contributed by atoms with Gasteiger partial charge in [-0.15, -0.1) is 0 Å². The van der Waals surface area contributed by atoms with Crippen molar-refractivity contribution in [2.24, 2.45) is 0 Å². The van der Waals surface area contributed by atoms with Crippen LogP contribution in [0.4, 0.5) is 0 Å². The molecule has 0 spiro atoms. The monoisotopic (exact) mass is 193 g/mol. The van der Waals surface area contributed by atoms with Gasteiger partial charge < -0.3 is 15.2 Å². The molecule has 1 aromatic rings. The molecule has 1 aliphatic heterocycles. The van der Waals surface area contributed by atoms with Crippen LogP contribution < -0.4 is 10.1 Å². The normalized spacial score (nSPS) is 21.1. The first-order valence-corrected chi connectivity index (χ1v) is 4.92. The first kappa shape index (κ1) is 9.34. The molecule has 3 heteroatoms. The molecule has 1 heterocycles. The maximum Gasteiger partial charge on any atom is 0.165 e. The Morgan fingerprint density at radius 3 is 3.00 bits per heavy atom. The van der Waals surface area contributed by atoms with Crippen LogP contribution in [0, 0.1) is 0 Å². The van der Waals surface area contributed by atoms with E-state index in [4.69, 9.17) is 4.74 Å². The minimum Gasteiger partial charge on any atom is -0.504 e. The molecular weight excluding hydrogens is 178 g/mol. The number of benzene rings is 1. The zero-order valence-corrected chi connectivity index (χ0v) is 8.29. The van der Waals surface area contributed by atoms with Gasteiger partial charge in [-0.2, -0.15) is 0 Å². The standard InChI is InChI=1S/C11H15NO2/c1-14-11-8(4-2-6-10(11)13)9-5-3-7-12-9/h2,4,6,9,12-13H,3,5,7H2,1H3/t9-/m0/s1. The van der Waals surface area contributed by atoms with Gasteiger partial charge >= 0.3 is 0 Å². The number of ether oxygens (including phenoxy) is 1. The van der Waals surface area contributed by atoms with E-state index in [9.17, 15) is 5.11 Å². The van der Waals surface area contributed by atoms with Crippen molar-refractivity contribution in [3.05, 3.63) is 23.8 Å². The van der Waals surface area contributed by atoms with Gasteiger partial charge in [-0.1, -0.05) is 12.1 Å². The molecule has 2 N–H and O–H groups in total. The quantitative estimate of drug-likeness (QED) is 0.752. The number of para-hydroxylation sites is 1. The fourth-order valence-electron chi connectivity index (χ4n) is 1.99. The minimum atomic E-state index is 0.221. The second-order valence-corrected chi connectivity index (χ2v) is 3.55. The van der Waals surface area contributed by atoms with Crippen LogP contribution in [0.5, 0.6) is 11.5 Å². The van der Waals surface area contributed by atoms with Crippen LogP contribution in [0.25, 0.3) is 0 Å². The molecule has 2 rings (SSSR count). The lowest BCUT2D eigenvalue weighted by atomic mass is 10.0. The van der Waals surface area contributed by atoms with E-state index in [-0.39, 0.29) is 5.75 Å². The summed E-state index contributed by atoms with van der Waals surface area (Å²) < 4.78 is 5.20. The number of methoxy groups -OCH3 is 1. The van der Waals surface area contributed by atoms with E-state index in [0.717, 1.165) is 18.5 Å². The first-order valence-electron chi connectivity index (χ1n) is 4.92. The number of aromatic hydroxyl groups is 1. The van der Waals surface area contributed by atoms with Crippen molar-refractivity contribution in [3.8, 4) is 11.5 Å². The Labute approximate surface area is 83.7 Å². The molecule has 1 aliphatic rings. The molecule has 3 nitrogen and oxygen atoms in total. The van der Waals surface area contributed by atoms with E-state index < -0.39 is 0 Å². The van der Waals surface area contributed by atoms with Gasteiger partial charge in [0.25, 0.3) is 0 Å². The third-order valence-electron chi connectivity index (χ3n) is 2.66. The molecule has 0 aromatic heterocycles. The molecule has 0 amide bonds. The topological polar surface area (TPSA) is 41.5 Å². The Morgan fingerprint density at radius 1 is 1.50 bits per heavy atom. The van der Waals surface area contributed by atoms with Crippen molar-refractivity contribution < 1.29 is 9.84 Å². The SMILES string of the molecule is COc1c(O)cccc1[C@@H]1CCCN1. The van der Waals surface area contributed by atoms with Crippen LogP contribution in [0.15, 0.2) is 18.2 Å². The van der Waals surface area contributed by atoms with Crippen LogP contribution in [-0.4, -0.2) is 18.8 Å². The van der Waals surface area contributed by atoms with Gasteiger partial charge in [0.2, 0.25) is 0 Å². The minimum absolute atomic E-state index is 0.221. The molecule has 0 bridgehead atoms. The average Bonchev–Trinajstić information content (AvgIpc) is 2.70. The van der Waals surface area contributed by atoms with Crippen molar-refractivity contribution in [1.82, 2.24) is 5.32 Å². The van der Waals surface area contributed by atoms with Crippen molar-refractivity contribution in [1.29, 1.82) is 0 Å². The van der Waals surface area contributed by atoms with Gasteiger partial charge in [0.1, 0.15) is 0 Å². The number of hydrogen-bond donors (Lipinski definition) is 2. The van der Waals surface area contributed by atoms with Gasteiger partial charge in [0, 0.05) is 11.6 Å². The van der Waals surface area contributed by atoms with E-state index in [1.807, 2.05) is 12.1 Å². The second kappa shape index (κ2) is 3.88. The first-order chi connectivity index (χ1) is 6.83. The van der Waals surface area contributed by atoms with E-state index in [1.54, 1.807) is 13.2 Å². The molecule has 76 valence electrons. The molecule has 1 saturated heterocycles. The molecule has 0 unspecified atom stereocenters. The van der Waals surface area contributed by atoms with Gasteiger partial charge in [0.15, 0.2) is 11.5 Å².